The van der Waals surface area contributed by atoms with Crippen LogP contribution in [-0.4, -0.2) is 95.9 Å². The second kappa shape index (κ2) is 6.35. The molecule has 0 aromatic carbocycles. The lowest BCUT2D eigenvalue weighted by atomic mass is 9.91. The number of carbonyl (C=O) groups excluding carboxylic acids is 2. The van der Waals surface area contributed by atoms with E-state index in [0.717, 1.165) is 0 Å². The molecule has 8 nitrogen and oxygen atoms in total. The molecule has 0 saturated carbocycles. The molecule has 0 aliphatic carbocycles. The molecule has 24 heavy (non-hydrogen) atoms. The highest BCUT2D eigenvalue weighted by Crippen LogP contribution is 2.33. The summed E-state index contributed by atoms with van der Waals surface area (Å²) in [6.07, 6.45) is 4.08. The average molecular weight is 332 g/mol. The van der Waals surface area contributed by atoms with Gasteiger partial charge in [0.2, 0.25) is 17.8 Å². The lowest BCUT2D eigenvalue weighted by Gasteiger charge is -2.46. The van der Waals surface area contributed by atoms with Crippen LogP contribution in [0.4, 0.5) is 5.95 Å². The van der Waals surface area contributed by atoms with E-state index in [-0.39, 0.29) is 18.4 Å². The van der Waals surface area contributed by atoms with Gasteiger partial charge in [0.05, 0.1) is 6.54 Å². The molecule has 3 rings (SSSR count). The smallest absolute Gasteiger partial charge is 0.244 e. The molecule has 1 unspecified atom stereocenters. The molecule has 3 heterocycles. The van der Waals surface area contributed by atoms with Crippen LogP contribution in [0, 0.1) is 0 Å². The predicted octanol–water partition coefficient (Wildman–Crippen LogP) is -0.712. The highest BCUT2D eigenvalue weighted by molar-refractivity contribution is 5.89. The molecule has 2 saturated heterocycles. The Balaban J connectivity index is 1.85. The van der Waals surface area contributed by atoms with Crippen LogP contribution < -0.4 is 4.90 Å². The highest BCUT2D eigenvalue weighted by atomic mass is 16.2. The zero-order chi connectivity index (χ0) is 17.3. The Kier molecular flexibility index (Phi) is 4.40. The summed E-state index contributed by atoms with van der Waals surface area (Å²) in [6, 6.07) is 1.77. The lowest BCUT2D eigenvalue weighted by molar-refractivity contribution is -0.150. The van der Waals surface area contributed by atoms with E-state index in [4.69, 9.17) is 0 Å². The molecule has 1 aromatic heterocycles. The van der Waals surface area contributed by atoms with Gasteiger partial charge in [-0.15, -0.1) is 0 Å². The number of carbonyl (C=O) groups is 2. The van der Waals surface area contributed by atoms with Gasteiger partial charge in [0.1, 0.15) is 5.54 Å². The minimum atomic E-state index is -0.669. The summed E-state index contributed by atoms with van der Waals surface area (Å²) in [6.45, 7) is 2.82. The minimum absolute atomic E-state index is 0.0149. The summed E-state index contributed by atoms with van der Waals surface area (Å²) >= 11 is 0. The van der Waals surface area contributed by atoms with Crippen LogP contribution in [0.2, 0.25) is 0 Å². The minimum Gasteiger partial charge on any atom is -0.348 e. The van der Waals surface area contributed by atoms with Crippen molar-refractivity contribution in [1.29, 1.82) is 0 Å². The Labute approximate surface area is 142 Å². The summed E-state index contributed by atoms with van der Waals surface area (Å²) in [5.41, 5.74) is -0.669. The lowest BCUT2D eigenvalue weighted by Crippen LogP contribution is -2.67. The average Bonchev–Trinajstić information content (AvgIpc) is 3.02. The summed E-state index contributed by atoms with van der Waals surface area (Å²) in [7, 11) is 5.31. The number of likely N-dealkylation sites (N-methyl/N-ethyl adjacent to an activating group) is 2. The zero-order valence-electron chi connectivity index (χ0n) is 14.5. The summed E-state index contributed by atoms with van der Waals surface area (Å²) < 4.78 is 0. The molecule has 1 spiro atoms. The van der Waals surface area contributed by atoms with Gasteiger partial charge in [-0.1, -0.05) is 0 Å². The molecule has 1 aromatic rings. The van der Waals surface area contributed by atoms with E-state index in [1.807, 2.05) is 16.8 Å². The van der Waals surface area contributed by atoms with E-state index >= 15 is 0 Å². The molecule has 2 aliphatic rings. The number of rotatable bonds is 3. The van der Waals surface area contributed by atoms with Gasteiger partial charge in [0.25, 0.3) is 0 Å². The fourth-order valence-corrected chi connectivity index (χ4v) is 3.46. The van der Waals surface area contributed by atoms with Crippen molar-refractivity contribution in [3.05, 3.63) is 18.5 Å². The van der Waals surface area contributed by atoms with Crippen LogP contribution in [0.15, 0.2) is 18.5 Å². The van der Waals surface area contributed by atoms with Crippen LogP contribution in [-0.2, 0) is 9.59 Å². The van der Waals surface area contributed by atoms with Gasteiger partial charge in [-0.2, -0.15) is 0 Å². The van der Waals surface area contributed by atoms with Gasteiger partial charge in [-0.05, 0) is 12.5 Å². The number of hydrogen-bond donors (Lipinski definition) is 0. The first kappa shape index (κ1) is 16.6. The van der Waals surface area contributed by atoms with E-state index < -0.39 is 5.54 Å². The molecule has 0 radical (unpaired) electrons. The predicted molar refractivity (Wildman–Crippen MR) is 89.5 cm³/mol. The molecule has 0 bridgehead atoms. The number of anilines is 1. The molecular formula is C16H24N6O2. The van der Waals surface area contributed by atoms with Gasteiger partial charge in [-0.25, -0.2) is 9.97 Å². The molecule has 2 aliphatic heterocycles. The number of amides is 2. The highest BCUT2D eigenvalue weighted by Gasteiger charge is 2.53. The largest absolute Gasteiger partial charge is 0.348 e. The Bertz CT molecular complexity index is 622. The first-order valence-electron chi connectivity index (χ1n) is 8.17. The summed E-state index contributed by atoms with van der Waals surface area (Å²) in [5, 5.41) is 0. The van der Waals surface area contributed by atoms with Crippen molar-refractivity contribution >= 4 is 17.8 Å². The third-order valence-electron chi connectivity index (χ3n) is 4.96. The Morgan fingerprint density at radius 2 is 1.96 bits per heavy atom. The van der Waals surface area contributed by atoms with Crippen LogP contribution >= 0.6 is 0 Å². The number of nitrogens with zero attached hydrogens (tertiary/aromatic N) is 6. The second-order valence-corrected chi connectivity index (χ2v) is 6.69. The SMILES string of the molecule is CN(C)C(=O)CN1CCN(C)C(=O)C12CCN(c1ncccn1)C2. The Morgan fingerprint density at radius 3 is 2.62 bits per heavy atom. The van der Waals surface area contributed by atoms with Crippen LogP contribution in [0.3, 0.4) is 0 Å². The van der Waals surface area contributed by atoms with Crippen molar-refractivity contribution < 1.29 is 9.59 Å². The first-order valence-corrected chi connectivity index (χ1v) is 8.17. The Hall–Kier alpha value is -2.22. The van der Waals surface area contributed by atoms with E-state index in [2.05, 4.69) is 9.97 Å². The topological polar surface area (TPSA) is 72.9 Å². The quantitative estimate of drug-likeness (QED) is 0.728. The monoisotopic (exact) mass is 332 g/mol. The fourth-order valence-electron chi connectivity index (χ4n) is 3.46. The van der Waals surface area contributed by atoms with Gasteiger partial charge >= 0.3 is 0 Å². The van der Waals surface area contributed by atoms with Gasteiger partial charge < -0.3 is 14.7 Å². The van der Waals surface area contributed by atoms with Crippen molar-refractivity contribution in [2.45, 2.75) is 12.0 Å². The normalized spacial score (nSPS) is 24.7. The summed E-state index contributed by atoms with van der Waals surface area (Å²) in [4.78, 5) is 41.2. The fraction of sp³-hybridized carbons (Fsp3) is 0.625. The number of aromatic nitrogens is 2. The maximum absolute atomic E-state index is 13.0. The van der Waals surface area contributed by atoms with Crippen molar-refractivity contribution in [3.8, 4) is 0 Å². The molecule has 2 fully saturated rings. The molecule has 0 N–H and O–H groups in total. The Morgan fingerprint density at radius 1 is 1.25 bits per heavy atom. The summed E-state index contributed by atoms with van der Waals surface area (Å²) in [5.74, 6) is 0.731. The molecule has 1 atom stereocenters. The third-order valence-corrected chi connectivity index (χ3v) is 4.96. The molecule has 2 amide bonds. The molecule has 130 valence electrons. The molecule has 8 heteroatoms. The van der Waals surface area contributed by atoms with Crippen molar-refractivity contribution in [3.63, 3.8) is 0 Å². The standard InChI is InChI=1S/C16H24N6O2/c1-19(2)13(23)11-22-10-9-20(3)14(24)16(22)5-8-21(12-16)15-17-6-4-7-18-15/h4,6-7H,5,8-12H2,1-3H3. The van der Waals surface area contributed by atoms with Crippen molar-refractivity contribution in [2.75, 3.05) is 58.8 Å². The first-order chi connectivity index (χ1) is 11.4. The van der Waals surface area contributed by atoms with Crippen LogP contribution in [0.1, 0.15) is 6.42 Å². The van der Waals surface area contributed by atoms with Crippen molar-refractivity contribution in [1.82, 2.24) is 24.7 Å². The van der Waals surface area contributed by atoms with Crippen LogP contribution in [0.5, 0.6) is 0 Å². The zero-order valence-corrected chi connectivity index (χ0v) is 14.5. The molecular weight excluding hydrogens is 308 g/mol. The second-order valence-electron chi connectivity index (χ2n) is 6.69. The maximum Gasteiger partial charge on any atom is 0.244 e. The van der Waals surface area contributed by atoms with E-state index in [0.29, 0.717) is 38.5 Å². The van der Waals surface area contributed by atoms with E-state index in [9.17, 15) is 9.59 Å². The number of hydrogen-bond acceptors (Lipinski definition) is 6. The van der Waals surface area contributed by atoms with E-state index in [1.165, 1.54) is 0 Å². The van der Waals surface area contributed by atoms with E-state index in [1.54, 1.807) is 42.4 Å². The van der Waals surface area contributed by atoms with Gasteiger partial charge in [0, 0.05) is 59.7 Å². The third kappa shape index (κ3) is 2.82. The van der Waals surface area contributed by atoms with Gasteiger partial charge in [-0.3, -0.25) is 14.5 Å². The maximum atomic E-state index is 13.0. The van der Waals surface area contributed by atoms with Crippen LogP contribution in [0.25, 0.3) is 0 Å². The number of piperazine rings is 1. The van der Waals surface area contributed by atoms with Gasteiger partial charge in [0.15, 0.2) is 0 Å². The van der Waals surface area contributed by atoms with Crippen molar-refractivity contribution in [2.24, 2.45) is 0 Å².